The first-order valence-electron chi connectivity index (χ1n) is 5.13. The van der Waals surface area contributed by atoms with Gasteiger partial charge in [0.15, 0.2) is 5.75 Å². The number of halogens is 7. The van der Waals surface area contributed by atoms with E-state index in [-0.39, 0.29) is 0 Å². The predicted molar refractivity (Wildman–Crippen MR) is 59.3 cm³/mol. The fraction of sp³-hybridized carbons (Fsp3) is 0.300. The number of hydrogen-bond acceptors (Lipinski definition) is 4. The summed E-state index contributed by atoms with van der Waals surface area (Å²) in [5, 5.41) is 9.90. The molecule has 1 aromatic carbocycles. The molecule has 0 aliphatic heterocycles. The summed E-state index contributed by atoms with van der Waals surface area (Å²) in [5.74, 6) is -8.07. The predicted octanol–water partition coefficient (Wildman–Crippen LogP) is 3.89. The number of non-ortho nitro benzene ring substituents is 1. The van der Waals surface area contributed by atoms with Crippen LogP contribution >= 0.6 is 11.6 Å². The zero-order valence-corrected chi connectivity index (χ0v) is 10.8. The largest absolute Gasteiger partial charge is 0.424 e. The second kappa shape index (κ2) is 5.99. The van der Waals surface area contributed by atoms with Gasteiger partial charge in [0.2, 0.25) is 5.92 Å². The van der Waals surface area contributed by atoms with Gasteiger partial charge in [-0.25, -0.2) is 0 Å². The molecular formula is C10H4ClF6NO4. The van der Waals surface area contributed by atoms with Gasteiger partial charge in [0.1, 0.15) is 0 Å². The molecule has 1 rings (SSSR count). The van der Waals surface area contributed by atoms with Gasteiger partial charge in [-0.1, -0.05) is 11.6 Å². The van der Waals surface area contributed by atoms with E-state index in [1.54, 1.807) is 0 Å². The van der Waals surface area contributed by atoms with Crippen molar-refractivity contribution in [3.63, 3.8) is 0 Å². The van der Waals surface area contributed by atoms with Crippen LogP contribution in [0.3, 0.4) is 0 Å². The molecule has 0 unspecified atom stereocenters. The van der Waals surface area contributed by atoms with Crippen molar-refractivity contribution in [3.05, 3.63) is 33.3 Å². The van der Waals surface area contributed by atoms with E-state index in [4.69, 9.17) is 11.6 Å². The van der Waals surface area contributed by atoms with Crippen molar-refractivity contribution in [1.29, 1.82) is 0 Å². The third kappa shape index (κ3) is 4.23. The van der Waals surface area contributed by atoms with Crippen molar-refractivity contribution in [1.82, 2.24) is 0 Å². The van der Waals surface area contributed by atoms with Gasteiger partial charge in [-0.2, -0.15) is 26.3 Å². The first-order valence-corrected chi connectivity index (χ1v) is 5.51. The van der Waals surface area contributed by atoms with Crippen LogP contribution in [0.5, 0.6) is 5.75 Å². The van der Waals surface area contributed by atoms with Crippen LogP contribution in [0.15, 0.2) is 18.2 Å². The van der Waals surface area contributed by atoms with Gasteiger partial charge in [-0.05, 0) is 6.07 Å². The van der Waals surface area contributed by atoms with Crippen molar-refractivity contribution >= 4 is 23.3 Å². The molecule has 0 saturated carbocycles. The molecule has 0 aromatic heterocycles. The number of nitro groups is 1. The molecule has 0 N–H and O–H groups in total. The Kier molecular flexibility index (Phi) is 4.90. The van der Waals surface area contributed by atoms with Crippen LogP contribution in [0.25, 0.3) is 0 Å². The van der Waals surface area contributed by atoms with E-state index >= 15 is 0 Å². The molecule has 0 fully saturated rings. The monoisotopic (exact) mass is 351 g/mol. The highest BCUT2D eigenvalue weighted by Crippen LogP contribution is 2.41. The number of nitrogens with zero attached hydrogens (tertiary/aromatic N) is 1. The molecule has 12 heteroatoms. The van der Waals surface area contributed by atoms with Crippen LogP contribution in [0.2, 0.25) is 5.02 Å². The molecule has 0 atom stereocenters. The number of alkyl halides is 6. The molecule has 5 nitrogen and oxygen atoms in total. The van der Waals surface area contributed by atoms with E-state index in [9.17, 15) is 41.3 Å². The zero-order chi connectivity index (χ0) is 17.3. The Morgan fingerprint density at radius 1 is 1.18 bits per heavy atom. The van der Waals surface area contributed by atoms with E-state index < -0.39 is 45.6 Å². The molecule has 122 valence electrons. The number of carbonyl (C=O) groups excluding carboxylic acids is 1. The molecule has 22 heavy (non-hydrogen) atoms. The molecule has 0 saturated heterocycles. The number of rotatable bonds is 3. The van der Waals surface area contributed by atoms with Gasteiger partial charge in [0.05, 0.1) is 16.0 Å². The lowest BCUT2D eigenvalue weighted by Gasteiger charge is -2.21. The Balaban J connectivity index is 3.15. The first kappa shape index (κ1) is 18.0. The topological polar surface area (TPSA) is 69.4 Å². The Bertz CT molecular complexity index is 586. The third-order valence-corrected chi connectivity index (χ3v) is 2.54. The molecule has 0 radical (unpaired) electrons. The van der Waals surface area contributed by atoms with E-state index in [0.29, 0.717) is 6.07 Å². The highest BCUT2D eigenvalue weighted by Gasteiger charge is 2.62. The lowest BCUT2D eigenvalue weighted by molar-refractivity contribution is -0.384. The SMILES string of the molecule is O=C(Oc1cc([N+](=O)[O-])ccc1Cl)C(C(F)(F)F)C(F)(F)F. The second-order valence-electron chi connectivity index (χ2n) is 3.81. The van der Waals surface area contributed by atoms with Gasteiger partial charge < -0.3 is 4.74 Å². The summed E-state index contributed by atoms with van der Waals surface area (Å²) < 4.78 is 77.8. The highest BCUT2D eigenvalue weighted by molar-refractivity contribution is 6.32. The Morgan fingerprint density at radius 2 is 1.68 bits per heavy atom. The van der Waals surface area contributed by atoms with E-state index in [0.717, 1.165) is 12.1 Å². The van der Waals surface area contributed by atoms with Crippen molar-refractivity contribution in [3.8, 4) is 5.75 Å². The molecule has 0 aliphatic carbocycles. The van der Waals surface area contributed by atoms with E-state index in [1.165, 1.54) is 0 Å². The first-order chi connectivity index (χ1) is 9.84. The second-order valence-corrected chi connectivity index (χ2v) is 4.22. The maximum Gasteiger partial charge on any atom is 0.411 e. The average molecular weight is 352 g/mol. The lowest BCUT2D eigenvalue weighted by atomic mass is 10.1. The maximum absolute atomic E-state index is 12.3. The molecular weight excluding hydrogens is 348 g/mol. The van der Waals surface area contributed by atoms with Gasteiger partial charge >= 0.3 is 18.3 Å². The number of nitro benzene ring substituents is 1. The summed E-state index contributed by atoms with van der Waals surface area (Å²) in [6, 6.07) is 2.05. The fourth-order valence-electron chi connectivity index (χ4n) is 1.30. The Labute approximate surface area is 122 Å². The number of hydrogen-bond donors (Lipinski definition) is 0. The lowest BCUT2D eigenvalue weighted by Crippen LogP contribution is -2.44. The highest BCUT2D eigenvalue weighted by atomic mass is 35.5. The summed E-state index contributed by atoms with van der Waals surface area (Å²) in [6.07, 6.45) is -11.9. The fourth-order valence-corrected chi connectivity index (χ4v) is 1.46. The molecule has 0 aliphatic rings. The summed E-state index contributed by atoms with van der Waals surface area (Å²) in [4.78, 5) is 20.6. The van der Waals surface area contributed by atoms with Crippen LogP contribution in [0.1, 0.15) is 0 Å². The van der Waals surface area contributed by atoms with Gasteiger partial charge in [-0.3, -0.25) is 14.9 Å². The molecule has 0 spiro atoms. The minimum Gasteiger partial charge on any atom is -0.424 e. The van der Waals surface area contributed by atoms with Crippen LogP contribution in [-0.2, 0) is 4.79 Å². The van der Waals surface area contributed by atoms with Gasteiger partial charge in [0.25, 0.3) is 5.69 Å². The normalized spacial score (nSPS) is 12.4. The van der Waals surface area contributed by atoms with Gasteiger partial charge in [-0.15, -0.1) is 0 Å². The number of ether oxygens (including phenoxy) is 1. The van der Waals surface area contributed by atoms with E-state index in [2.05, 4.69) is 4.74 Å². The average Bonchev–Trinajstić information content (AvgIpc) is 2.27. The number of esters is 1. The third-order valence-electron chi connectivity index (χ3n) is 2.23. The Morgan fingerprint density at radius 3 is 2.09 bits per heavy atom. The summed E-state index contributed by atoms with van der Waals surface area (Å²) >= 11 is 5.42. The minimum atomic E-state index is -5.94. The van der Waals surface area contributed by atoms with Gasteiger partial charge in [0, 0.05) is 6.07 Å². The zero-order valence-electron chi connectivity index (χ0n) is 10.0. The Hall–Kier alpha value is -2.04. The minimum absolute atomic E-state index is 0.435. The van der Waals surface area contributed by atoms with Crippen molar-refractivity contribution in [2.24, 2.45) is 5.92 Å². The van der Waals surface area contributed by atoms with Crippen LogP contribution in [-0.4, -0.2) is 23.2 Å². The quantitative estimate of drug-likeness (QED) is 0.272. The number of benzene rings is 1. The molecule has 1 aromatic rings. The summed E-state index contributed by atoms with van der Waals surface area (Å²) in [6.45, 7) is 0. The van der Waals surface area contributed by atoms with Crippen molar-refractivity contribution in [2.45, 2.75) is 12.4 Å². The smallest absolute Gasteiger partial charge is 0.411 e. The maximum atomic E-state index is 12.3. The summed E-state index contributed by atoms with van der Waals surface area (Å²) in [7, 11) is 0. The van der Waals surface area contributed by atoms with Crippen molar-refractivity contribution in [2.75, 3.05) is 0 Å². The molecule has 0 heterocycles. The standard InChI is InChI=1S/C10H4ClF6NO4/c11-5-2-1-4(18(20)21)3-6(5)22-8(19)7(9(12,13)14)10(15,16)17/h1-3,7H. The number of carbonyl (C=O) groups is 1. The van der Waals surface area contributed by atoms with E-state index in [1.807, 2.05) is 0 Å². The van der Waals surface area contributed by atoms with Crippen LogP contribution < -0.4 is 4.74 Å². The molecule has 0 amide bonds. The van der Waals surface area contributed by atoms with Crippen molar-refractivity contribution < 1.29 is 40.8 Å². The van der Waals surface area contributed by atoms with Crippen LogP contribution in [0.4, 0.5) is 32.0 Å². The van der Waals surface area contributed by atoms with Crippen LogP contribution in [0, 0.1) is 16.0 Å². The molecule has 0 bridgehead atoms. The summed E-state index contributed by atoms with van der Waals surface area (Å²) in [5.41, 5.74) is -0.734.